The summed E-state index contributed by atoms with van der Waals surface area (Å²) in [5, 5.41) is 0.515. The zero-order valence-corrected chi connectivity index (χ0v) is 25.0. The molecule has 3 heterocycles. The molecule has 8 nitrogen and oxygen atoms in total. The lowest BCUT2D eigenvalue weighted by Crippen LogP contribution is -2.39. The monoisotopic (exact) mass is 608 g/mol. The molecular formula is C35H33ClN4O4. The lowest BCUT2D eigenvalue weighted by Gasteiger charge is -2.25. The smallest absolute Gasteiger partial charge is 0.251 e. The van der Waals surface area contributed by atoms with Crippen LogP contribution in [0, 0.1) is 0 Å². The van der Waals surface area contributed by atoms with Crippen molar-refractivity contribution in [2.75, 3.05) is 50.0 Å². The molecule has 0 spiro atoms. The molecule has 0 radical (unpaired) electrons. The van der Waals surface area contributed by atoms with Crippen molar-refractivity contribution in [2.24, 2.45) is 0 Å². The summed E-state index contributed by atoms with van der Waals surface area (Å²) in [5.74, 6) is 0.981. The molecule has 3 aromatic carbocycles. The number of nitrogens with zero attached hydrogens (tertiary/aromatic N) is 3. The maximum Gasteiger partial charge on any atom is 0.251 e. The Morgan fingerprint density at radius 1 is 1.00 bits per heavy atom. The highest BCUT2D eigenvalue weighted by molar-refractivity contribution is 6.32. The third-order valence-electron chi connectivity index (χ3n) is 7.81. The number of aromatic nitrogens is 1. The summed E-state index contributed by atoms with van der Waals surface area (Å²) < 4.78 is 11.7. The van der Waals surface area contributed by atoms with Crippen LogP contribution in [0.4, 0.5) is 11.5 Å². The largest absolute Gasteiger partial charge is 0.486 e. The van der Waals surface area contributed by atoms with E-state index in [1.165, 1.54) is 6.08 Å². The molecule has 224 valence electrons. The van der Waals surface area contributed by atoms with Crippen LogP contribution >= 0.6 is 11.6 Å². The van der Waals surface area contributed by atoms with Crippen molar-refractivity contribution in [2.45, 2.75) is 12.5 Å². The quantitative estimate of drug-likeness (QED) is 0.197. The summed E-state index contributed by atoms with van der Waals surface area (Å²) in [5.41, 5.74) is 10.8. The van der Waals surface area contributed by atoms with Gasteiger partial charge in [0.15, 0.2) is 5.78 Å². The fraction of sp³-hybridized carbons (Fsp3) is 0.229. The van der Waals surface area contributed by atoms with Crippen molar-refractivity contribution >= 4 is 40.9 Å². The summed E-state index contributed by atoms with van der Waals surface area (Å²) in [7, 11) is 0. The van der Waals surface area contributed by atoms with E-state index in [-0.39, 0.29) is 17.8 Å². The number of para-hydroxylation sites is 1. The number of amides is 1. The van der Waals surface area contributed by atoms with Gasteiger partial charge < -0.3 is 20.1 Å². The number of morpholine rings is 1. The lowest BCUT2D eigenvalue weighted by atomic mass is 9.99. The predicted octanol–water partition coefficient (Wildman–Crippen LogP) is 5.55. The summed E-state index contributed by atoms with van der Waals surface area (Å²) in [6, 6.07) is 24.6. The minimum Gasteiger partial charge on any atom is -0.486 e. The molecule has 1 atom stereocenters. The van der Waals surface area contributed by atoms with E-state index < -0.39 is 0 Å². The molecule has 6 rings (SSSR count). The first-order valence-corrected chi connectivity index (χ1v) is 15.0. The average Bonchev–Trinajstić information content (AvgIpc) is 3.47. The van der Waals surface area contributed by atoms with Gasteiger partial charge in [0.1, 0.15) is 17.7 Å². The molecule has 1 unspecified atom stereocenters. The van der Waals surface area contributed by atoms with E-state index in [1.54, 1.807) is 23.2 Å². The first kappa shape index (κ1) is 29.6. The molecule has 9 heteroatoms. The van der Waals surface area contributed by atoms with Crippen LogP contribution in [0.3, 0.4) is 0 Å². The van der Waals surface area contributed by atoms with Crippen LogP contribution in [0.2, 0.25) is 5.02 Å². The van der Waals surface area contributed by atoms with Gasteiger partial charge in [0, 0.05) is 48.6 Å². The highest BCUT2D eigenvalue weighted by Gasteiger charge is 2.29. The number of benzene rings is 3. The molecule has 0 saturated carbocycles. The van der Waals surface area contributed by atoms with Crippen LogP contribution in [-0.4, -0.2) is 67.1 Å². The van der Waals surface area contributed by atoms with Crippen molar-refractivity contribution < 1.29 is 19.1 Å². The zero-order valence-electron chi connectivity index (χ0n) is 24.2. The number of carbonyl (C=O) groups excluding carboxylic acids is 2. The zero-order chi connectivity index (χ0) is 30.5. The number of anilines is 2. The number of Topliss-reactive ketones (excluding diaryl/α,β-unsaturated/α-hetero) is 1. The lowest BCUT2D eigenvalue weighted by molar-refractivity contribution is -0.114. The number of halogens is 1. The maximum atomic E-state index is 13.4. The first-order valence-electron chi connectivity index (χ1n) is 14.6. The molecular weight excluding hydrogens is 576 g/mol. The molecule has 1 amide bonds. The molecule has 0 aliphatic carbocycles. The fourth-order valence-corrected chi connectivity index (χ4v) is 5.75. The van der Waals surface area contributed by atoms with Gasteiger partial charge in [-0.3, -0.25) is 14.5 Å². The standard InChI is InChI=1S/C35H33ClN4O4/c36-31-20-27(25-8-10-26(11-9-25)32(41)23-39-14-16-43-17-15-39)18-28-19-30(44-35(28)31)22-40(29-4-2-1-3-5-29)34(42)13-7-24-6-12-33(37)38-21-24/h1-13,18,20-21,30H,14-17,19,22-23H2,(H2,37,38). The number of nitrogens with two attached hydrogens (primary N) is 1. The van der Waals surface area contributed by atoms with E-state index in [1.807, 2.05) is 66.7 Å². The Labute approximate surface area is 261 Å². The Kier molecular flexibility index (Phi) is 9.02. The molecule has 1 aromatic heterocycles. The van der Waals surface area contributed by atoms with Crippen molar-refractivity contribution in [3.05, 3.63) is 113 Å². The first-order chi connectivity index (χ1) is 21.4. The van der Waals surface area contributed by atoms with Gasteiger partial charge in [-0.2, -0.15) is 0 Å². The van der Waals surface area contributed by atoms with Crippen molar-refractivity contribution in [3.8, 4) is 16.9 Å². The number of ketones is 1. The van der Waals surface area contributed by atoms with Crippen molar-refractivity contribution in [1.29, 1.82) is 0 Å². The Morgan fingerprint density at radius 2 is 1.77 bits per heavy atom. The molecule has 1 saturated heterocycles. The Hall–Kier alpha value is -4.50. The molecule has 44 heavy (non-hydrogen) atoms. The number of carbonyl (C=O) groups is 2. The summed E-state index contributed by atoms with van der Waals surface area (Å²) >= 11 is 6.72. The van der Waals surface area contributed by atoms with Gasteiger partial charge in [-0.1, -0.05) is 54.1 Å². The summed E-state index contributed by atoms with van der Waals surface area (Å²) in [4.78, 5) is 34.1. The molecule has 2 aliphatic rings. The summed E-state index contributed by atoms with van der Waals surface area (Å²) in [6.07, 6.45) is 5.19. The van der Waals surface area contributed by atoms with Gasteiger partial charge in [-0.15, -0.1) is 0 Å². The molecule has 2 aliphatic heterocycles. The topological polar surface area (TPSA) is 98.0 Å². The van der Waals surface area contributed by atoms with Crippen LogP contribution in [0.15, 0.2) is 91.1 Å². The number of fused-ring (bicyclic) bond motifs is 1. The molecule has 1 fully saturated rings. The number of hydrogen-bond donors (Lipinski definition) is 1. The number of nitrogen functional groups attached to an aromatic ring is 1. The second kappa shape index (κ2) is 13.4. The predicted molar refractivity (Wildman–Crippen MR) is 173 cm³/mol. The molecule has 0 bridgehead atoms. The normalized spacial score (nSPS) is 16.4. The average molecular weight is 609 g/mol. The number of pyridine rings is 1. The highest BCUT2D eigenvalue weighted by Crippen LogP contribution is 2.40. The summed E-state index contributed by atoms with van der Waals surface area (Å²) in [6.45, 7) is 3.61. The van der Waals surface area contributed by atoms with Gasteiger partial charge in [0.05, 0.1) is 31.3 Å². The third kappa shape index (κ3) is 7.00. The van der Waals surface area contributed by atoms with E-state index in [0.717, 1.165) is 41.0 Å². The van der Waals surface area contributed by atoms with E-state index in [4.69, 9.17) is 26.8 Å². The molecule has 4 aromatic rings. The van der Waals surface area contributed by atoms with Crippen LogP contribution in [0.25, 0.3) is 17.2 Å². The van der Waals surface area contributed by atoms with Gasteiger partial charge >= 0.3 is 0 Å². The minimum atomic E-state index is -0.284. The Bertz CT molecular complexity index is 1650. The number of hydrogen-bond acceptors (Lipinski definition) is 7. The van der Waals surface area contributed by atoms with Crippen LogP contribution in [0.1, 0.15) is 21.5 Å². The van der Waals surface area contributed by atoms with E-state index in [9.17, 15) is 9.59 Å². The van der Waals surface area contributed by atoms with Crippen LogP contribution < -0.4 is 15.4 Å². The SMILES string of the molecule is Nc1ccc(C=CC(=O)N(CC2Cc3cc(-c4ccc(C(=O)CN5CCOCC5)cc4)cc(Cl)c3O2)c2ccccc2)cn1. The fourth-order valence-electron chi connectivity index (χ4n) is 5.47. The Balaban J connectivity index is 1.15. The van der Waals surface area contributed by atoms with E-state index in [2.05, 4.69) is 16.0 Å². The Morgan fingerprint density at radius 3 is 2.50 bits per heavy atom. The maximum absolute atomic E-state index is 13.4. The van der Waals surface area contributed by atoms with Gasteiger partial charge in [-0.05, 0) is 59.2 Å². The van der Waals surface area contributed by atoms with Crippen molar-refractivity contribution in [1.82, 2.24) is 9.88 Å². The van der Waals surface area contributed by atoms with Crippen molar-refractivity contribution in [3.63, 3.8) is 0 Å². The van der Waals surface area contributed by atoms with E-state index in [0.29, 0.717) is 54.9 Å². The minimum absolute atomic E-state index is 0.0965. The van der Waals surface area contributed by atoms with Crippen LogP contribution in [-0.2, 0) is 16.0 Å². The number of ether oxygens (including phenoxy) is 2. The second-order valence-electron chi connectivity index (χ2n) is 10.9. The van der Waals surface area contributed by atoms with Crippen LogP contribution in [0.5, 0.6) is 5.75 Å². The van der Waals surface area contributed by atoms with Gasteiger partial charge in [0.25, 0.3) is 5.91 Å². The third-order valence-corrected chi connectivity index (χ3v) is 8.09. The van der Waals surface area contributed by atoms with E-state index >= 15 is 0 Å². The highest BCUT2D eigenvalue weighted by atomic mass is 35.5. The second-order valence-corrected chi connectivity index (χ2v) is 11.3. The van der Waals surface area contributed by atoms with Gasteiger partial charge in [-0.25, -0.2) is 4.98 Å². The van der Waals surface area contributed by atoms with Gasteiger partial charge in [0.2, 0.25) is 0 Å². The molecule has 2 N–H and O–H groups in total. The number of rotatable bonds is 9.